The number of nitrogens with zero attached hydrogens (tertiary/aromatic N) is 1. The lowest BCUT2D eigenvalue weighted by Gasteiger charge is -2.40. The topological polar surface area (TPSA) is 55.6 Å². The SMILES string of the molecule is CN(C)C(=O)C1(CN)COC1. The molecular weight excluding hydrogens is 144 g/mol. The Balaban J connectivity index is 2.62. The second-order valence-corrected chi connectivity index (χ2v) is 3.18. The molecule has 0 spiro atoms. The summed E-state index contributed by atoms with van der Waals surface area (Å²) in [6, 6.07) is 0. The average Bonchev–Trinajstić information content (AvgIpc) is 1.86. The van der Waals surface area contributed by atoms with Crippen molar-refractivity contribution in [3.8, 4) is 0 Å². The lowest BCUT2D eigenvalue weighted by atomic mass is 9.85. The van der Waals surface area contributed by atoms with Gasteiger partial charge < -0.3 is 15.4 Å². The minimum atomic E-state index is -0.413. The number of carbonyl (C=O) groups excluding carboxylic acids is 1. The molecule has 0 aliphatic carbocycles. The Morgan fingerprint density at radius 3 is 2.27 bits per heavy atom. The number of hydrogen-bond acceptors (Lipinski definition) is 3. The van der Waals surface area contributed by atoms with Crippen LogP contribution in [-0.2, 0) is 9.53 Å². The predicted octanol–water partition coefficient (Wildman–Crippen LogP) is -0.950. The van der Waals surface area contributed by atoms with Crippen LogP contribution in [0, 0.1) is 5.41 Å². The van der Waals surface area contributed by atoms with Crippen molar-refractivity contribution < 1.29 is 9.53 Å². The fourth-order valence-electron chi connectivity index (χ4n) is 1.15. The highest BCUT2D eigenvalue weighted by molar-refractivity contribution is 5.83. The number of nitrogens with two attached hydrogens (primary N) is 1. The first-order valence-corrected chi connectivity index (χ1v) is 3.62. The standard InChI is InChI=1S/C7H14N2O2/c1-9(2)6(10)7(3-8)4-11-5-7/h3-5,8H2,1-2H3. The van der Waals surface area contributed by atoms with Crippen LogP contribution < -0.4 is 5.73 Å². The summed E-state index contributed by atoms with van der Waals surface area (Å²) in [4.78, 5) is 13.0. The van der Waals surface area contributed by atoms with Gasteiger partial charge in [0.25, 0.3) is 0 Å². The van der Waals surface area contributed by atoms with Gasteiger partial charge in [-0.05, 0) is 0 Å². The van der Waals surface area contributed by atoms with E-state index < -0.39 is 5.41 Å². The van der Waals surface area contributed by atoms with Crippen LogP contribution in [0.5, 0.6) is 0 Å². The van der Waals surface area contributed by atoms with E-state index in [1.807, 2.05) is 0 Å². The molecule has 4 nitrogen and oxygen atoms in total. The third-order valence-corrected chi connectivity index (χ3v) is 2.01. The minimum absolute atomic E-state index is 0.0752. The van der Waals surface area contributed by atoms with Crippen molar-refractivity contribution >= 4 is 5.91 Å². The number of hydrogen-bond donors (Lipinski definition) is 1. The Hall–Kier alpha value is -0.610. The molecule has 0 aromatic carbocycles. The molecule has 1 rings (SSSR count). The van der Waals surface area contributed by atoms with Gasteiger partial charge in [0, 0.05) is 20.6 Å². The van der Waals surface area contributed by atoms with Gasteiger partial charge in [0.2, 0.25) is 5.91 Å². The van der Waals surface area contributed by atoms with Crippen LogP contribution in [0.4, 0.5) is 0 Å². The van der Waals surface area contributed by atoms with Crippen molar-refractivity contribution in [3.05, 3.63) is 0 Å². The number of rotatable bonds is 2. The monoisotopic (exact) mass is 158 g/mol. The zero-order valence-corrected chi connectivity index (χ0v) is 6.96. The second-order valence-electron chi connectivity index (χ2n) is 3.18. The molecule has 2 N–H and O–H groups in total. The molecule has 0 saturated carbocycles. The molecule has 0 radical (unpaired) electrons. The van der Waals surface area contributed by atoms with E-state index in [9.17, 15) is 4.79 Å². The minimum Gasteiger partial charge on any atom is -0.379 e. The summed E-state index contributed by atoms with van der Waals surface area (Å²) in [7, 11) is 3.47. The Kier molecular flexibility index (Phi) is 2.15. The quantitative estimate of drug-likeness (QED) is 0.563. The Bertz CT molecular complexity index is 158. The summed E-state index contributed by atoms with van der Waals surface area (Å²) in [5.41, 5.74) is 5.07. The first-order chi connectivity index (χ1) is 5.12. The summed E-state index contributed by atoms with van der Waals surface area (Å²) < 4.78 is 4.97. The molecule has 0 atom stereocenters. The maximum absolute atomic E-state index is 11.4. The van der Waals surface area contributed by atoms with Crippen molar-refractivity contribution in [3.63, 3.8) is 0 Å². The molecule has 11 heavy (non-hydrogen) atoms. The van der Waals surface area contributed by atoms with E-state index in [1.54, 1.807) is 19.0 Å². The molecule has 1 heterocycles. The van der Waals surface area contributed by atoms with Crippen LogP contribution in [-0.4, -0.2) is 44.7 Å². The van der Waals surface area contributed by atoms with Crippen LogP contribution >= 0.6 is 0 Å². The molecule has 4 heteroatoms. The first-order valence-electron chi connectivity index (χ1n) is 3.62. The van der Waals surface area contributed by atoms with E-state index in [2.05, 4.69) is 0 Å². The lowest BCUT2D eigenvalue weighted by Crippen LogP contribution is -2.57. The molecule has 1 amide bonds. The third-order valence-electron chi connectivity index (χ3n) is 2.01. The Morgan fingerprint density at radius 1 is 1.64 bits per heavy atom. The first kappa shape index (κ1) is 8.49. The Labute approximate surface area is 66.3 Å². The zero-order chi connectivity index (χ0) is 8.48. The third kappa shape index (κ3) is 1.23. The van der Waals surface area contributed by atoms with Crippen molar-refractivity contribution in [1.82, 2.24) is 4.90 Å². The molecule has 0 aromatic rings. The van der Waals surface area contributed by atoms with Gasteiger partial charge in [0.1, 0.15) is 5.41 Å². The molecule has 0 unspecified atom stereocenters. The molecule has 0 bridgehead atoms. The second kappa shape index (κ2) is 2.79. The fourth-order valence-corrected chi connectivity index (χ4v) is 1.15. The highest BCUT2D eigenvalue weighted by Gasteiger charge is 2.45. The lowest BCUT2D eigenvalue weighted by molar-refractivity contribution is -0.167. The van der Waals surface area contributed by atoms with Crippen LogP contribution in [0.1, 0.15) is 0 Å². The summed E-state index contributed by atoms with van der Waals surface area (Å²) in [6.45, 7) is 1.32. The molecule has 1 aliphatic heterocycles. The van der Waals surface area contributed by atoms with E-state index in [0.29, 0.717) is 19.8 Å². The van der Waals surface area contributed by atoms with Crippen LogP contribution in [0.2, 0.25) is 0 Å². The van der Waals surface area contributed by atoms with E-state index in [-0.39, 0.29) is 5.91 Å². The van der Waals surface area contributed by atoms with E-state index >= 15 is 0 Å². The largest absolute Gasteiger partial charge is 0.379 e. The highest BCUT2D eigenvalue weighted by atomic mass is 16.5. The zero-order valence-electron chi connectivity index (χ0n) is 6.96. The maximum atomic E-state index is 11.4. The van der Waals surface area contributed by atoms with E-state index in [1.165, 1.54) is 0 Å². The molecule has 1 saturated heterocycles. The van der Waals surface area contributed by atoms with Gasteiger partial charge in [0.05, 0.1) is 13.2 Å². The van der Waals surface area contributed by atoms with Gasteiger partial charge >= 0.3 is 0 Å². The van der Waals surface area contributed by atoms with Gasteiger partial charge in [-0.2, -0.15) is 0 Å². The smallest absolute Gasteiger partial charge is 0.234 e. The summed E-state index contributed by atoms with van der Waals surface area (Å²) in [6.07, 6.45) is 0. The fraction of sp³-hybridized carbons (Fsp3) is 0.857. The Morgan fingerprint density at radius 2 is 2.18 bits per heavy atom. The highest BCUT2D eigenvalue weighted by Crippen LogP contribution is 2.27. The van der Waals surface area contributed by atoms with Gasteiger partial charge in [-0.1, -0.05) is 0 Å². The molecule has 64 valence electrons. The number of ether oxygens (including phenoxy) is 1. The van der Waals surface area contributed by atoms with Crippen LogP contribution in [0.15, 0.2) is 0 Å². The summed E-state index contributed by atoms with van der Waals surface area (Å²) in [5.74, 6) is 0.0752. The van der Waals surface area contributed by atoms with Crippen molar-refractivity contribution in [2.24, 2.45) is 11.1 Å². The van der Waals surface area contributed by atoms with Gasteiger partial charge in [-0.25, -0.2) is 0 Å². The van der Waals surface area contributed by atoms with Crippen molar-refractivity contribution in [2.45, 2.75) is 0 Å². The van der Waals surface area contributed by atoms with Crippen LogP contribution in [0.3, 0.4) is 0 Å². The molecule has 1 fully saturated rings. The van der Waals surface area contributed by atoms with Gasteiger partial charge in [-0.3, -0.25) is 4.79 Å². The molecular formula is C7H14N2O2. The van der Waals surface area contributed by atoms with Crippen molar-refractivity contribution in [1.29, 1.82) is 0 Å². The average molecular weight is 158 g/mol. The van der Waals surface area contributed by atoms with Gasteiger partial charge in [0.15, 0.2) is 0 Å². The number of carbonyl (C=O) groups is 1. The van der Waals surface area contributed by atoms with E-state index in [4.69, 9.17) is 10.5 Å². The summed E-state index contributed by atoms with van der Waals surface area (Å²) >= 11 is 0. The maximum Gasteiger partial charge on any atom is 0.234 e. The van der Waals surface area contributed by atoms with Crippen LogP contribution in [0.25, 0.3) is 0 Å². The predicted molar refractivity (Wildman–Crippen MR) is 41.0 cm³/mol. The molecule has 0 aromatic heterocycles. The van der Waals surface area contributed by atoms with E-state index in [0.717, 1.165) is 0 Å². The normalized spacial score (nSPS) is 20.6. The number of amides is 1. The molecule has 1 aliphatic rings. The van der Waals surface area contributed by atoms with Gasteiger partial charge in [-0.15, -0.1) is 0 Å². The summed E-state index contributed by atoms with van der Waals surface area (Å²) in [5, 5.41) is 0. The van der Waals surface area contributed by atoms with Crippen molar-refractivity contribution in [2.75, 3.05) is 33.9 Å².